The van der Waals surface area contributed by atoms with Gasteiger partial charge in [0.2, 0.25) is 0 Å². The molecule has 0 atom stereocenters. The molecule has 0 rings (SSSR count). The van der Waals surface area contributed by atoms with Crippen molar-refractivity contribution in [2.24, 2.45) is 0 Å². The van der Waals surface area contributed by atoms with E-state index in [1.54, 1.807) is 6.08 Å². The predicted octanol–water partition coefficient (Wildman–Crippen LogP) is 3.72. The van der Waals surface area contributed by atoms with Crippen molar-refractivity contribution in [1.82, 2.24) is 0 Å². The Bertz CT molecular complexity index is 88.2. The standard InChI is InChI=1S/C5H10.C5H8/c2*1-3-5-4-2/h3H,1,4-5H2,2H3;3-5H,1H2,2H3/b;5-4+. The van der Waals surface area contributed by atoms with E-state index < -0.39 is 0 Å². The Morgan fingerprint density at radius 1 is 1.30 bits per heavy atom. The molecule has 0 heterocycles. The Labute approximate surface area is 65.0 Å². The molecule has 0 saturated carbocycles. The van der Waals surface area contributed by atoms with Crippen molar-refractivity contribution in [2.45, 2.75) is 26.7 Å². The number of rotatable bonds is 3. The number of unbranched alkanes of at least 4 members (excludes halogenated alkanes) is 1. The molecular weight excluding hydrogens is 120 g/mol. The third-order valence-electron chi connectivity index (χ3n) is 0.821. The summed E-state index contributed by atoms with van der Waals surface area (Å²) in [7, 11) is 0. The van der Waals surface area contributed by atoms with Gasteiger partial charge in [-0.15, -0.1) is 6.58 Å². The quantitative estimate of drug-likeness (QED) is 0.412. The average molecular weight is 138 g/mol. The van der Waals surface area contributed by atoms with Gasteiger partial charge in [-0.25, -0.2) is 0 Å². The Hall–Kier alpha value is -0.780. The minimum atomic E-state index is 1.15. The van der Waals surface area contributed by atoms with Crippen molar-refractivity contribution >= 4 is 0 Å². The van der Waals surface area contributed by atoms with Crippen LogP contribution in [0.15, 0.2) is 37.5 Å². The molecule has 0 amide bonds. The molecule has 0 heteroatoms. The van der Waals surface area contributed by atoms with Crippen LogP contribution in [0.5, 0.6) is 0 Å². The highest BCUT2D eigenvalue weighted by Crippen LogP contribution is 1.82. The summed E-state index contributed by atoms with van der Waals surface area (Å²) in [6.45, 7) is 11.1. The van der Waals surface area contributed by atoms with Crippen LogP contribution >= 0.6 is 0 Å². The Kier molecular flexibility index (Phi) is 18.8. The highest BCUT2D eigenvalue weighted by molar-refractivity contribution is 4.94. The maximum Gasteiger partial charge on any atom is -0.0356 e. The van der Waals surface area contributed by atoms with Crippen LogP contribution < -0.4 is 0 Å². The van der Waals surface area contributed by atoms with E-state index in [0.29, 0.717) is 0 Å². The molecule has 0 bridgehead atoms. The van der Waals surface area contributed by atoms with Gasteiger partial charge in [-0.3, -0.25) is 0 Å². The van der Waals surface area contributed by atoms with E-state index in [4.69, 9.17) is 0 Å². The first kappa shape index (κ1) is 12.0. The summed E-state index contributed by atoms with van der Waals surface area (Å²) in [5.41, 5.74) is 0. The predicted molar refractivity (Wildman–Crippen MR) is 50.1 cm³/mol. The van der Waals surface area contributed by atoms with Crippen molar-refractivity contribution in [3.05, 3.63) is 37.5 Å². The lowest BCUT2D eigenvalue weighted by Gasteiger charge is -1.72. The molecule has 0 aromatic carbocycles. The summed E-state index contributed by atoms with van der Waals surface area (Å²) in [4.78, 5) is 0. The molecule has 0 aliphatic heterocycles. The zero-order valence-corrected chi connectivity index (χ0v) is 7.14. The minimum Gasteiger partial charge on any atom is -0.103 e. The molecule has 0 nitrogen and oxygen atoms in total. The highest BCUT2D eigenvalue weighted by atomic mass is 13.7. The molecule has 0 spiro atoms. The second-order valence-corrected chi connectivity index (χ2v) is 1.84. The van der Waals surface area contributed by atoms with Gasteiger partial charge >= 0.3 is 0 Å². The first-order valence-electron chi connectivity index (χ1n) is 3.68. The zero-order chi connectivity index (χ0) is 8.24. The van der Waals surface area contributed by atoms with Gasteiger partial charge in [0.05, 0.1) is 0 Å². The summed E-state index contributed by atoms with van der Waals surface area (Å²) >= 11 is 0. The summed E-state index contributed by atoms with van der Waals surface area (Å²) in [5, 5.41) is 0. The van der Waals surface area contributed by atoms with Crippen molar-refractivity contribution in [3.63, 3.8) is 0 Å². The lowest BCUT2D eigenvalue weighted by Crippen LogP contribution is -1.52. The number of allylic oxidation sites excluding steroid dienone is 4. The maximum atomic E-state index is 3.55. The molecule has 0 aromatic rings. The van der Waals surface area contributed by atoms with Crippen molar-refractivity contribution in [3.8, 4) is 0 Å². The topological polar surface area (TPSA) is 0 Å². The van der Waals surface area contributed by atoms with E-state index >= 15 is 0 Å². The summed E-state index contributed by atoms with van der Waals surface area (Å²) in [5.74, 6) is 0. The van der Waals surface area contributed by atoms with E-state index in [1.807, 2.05) is 25.2 Å². The number of hydrogen-bond donors (Lipinski definition) is 0. The Balaban J connectivity index is 0. The second kappa shape index (κ2) is 15.7. The van der Waals surface area contributed by atoms with Gasteiger partial charge in [-0.2, -0.15) is 0 Å². The fourth-order valence-electron chi connectivity index (χ4n) is 0.340. The summed E-state index contributed by atoms with van der Waals surface area (Å²) < 4.78 is 0. The largest absolute Gasteiger partial charge is 0.103 e. The molecule has 0 aliphatic carbocycles. The fraction of sp³-hybridized carbons (Fsp3) is 0.400. The Morgan fingerprint density at radius 2 is 1.90 bits per heavy atom. The Morgan fingerprint density at radius 3 is 1.90 bits per heavy atom. The average Bonchev–Trinajstić information content (AvgIpc) is 1.93. The molecule has 0 radical (unpaired) electrons. The molecule has 0 saturated heterocycles. The molecule has 58 valence electrons. The third-order valence-corrected chi connectivity index (χ3v) is 0.821. The van der Waals surface area contributed by atoms with Crippen molar-refractivity contribution in [1.29, 1.82) is 0 Å². The van der Waals surface area contributed by atoms with Crippen LogP contribution in [0.1, 0.15) is 26.7 Å². The monoisotopic (exact) mass is 138 g/mol. The van der Waals surface area contributed by atoms with Crippen LogP contribution in [0.3, 0.4) is 0 Å². The second-order valence-electron chi connectivity index (χ2n) is 1.84. The summed E-state index contributed by atoms with van der Waals surface area (Å²) in [6, 6.07) is 0. The molecule has 0 aromatic heterocycles. The van der Waals surface area contributed by atoms with Crippen LogP contribution in [0.2, 0.25) is 0 Å². The normalized spacial score (nSPS) is 8.20. The van der Waals surface area contributed by atoms with Gasteiger partial charge in [0.1, 0.15) is 0 Å². The lowest BCUT2D eigenvalue weighted by atomic mass is 10.3. The van der Waals surface area contributed by atoms with E-state index in [-0.39, 0.29) is 0 Å². The molecule has 0 fully saturated rings. The zero-order valence-electron chi connectivity index (χ0n) is 7.14. The van der Waals surface area contributed by atoms with Crippen LogP contribution in [-0.2, 0) is 0 Å². The van der Waals surface area contributed by atoms with Crippen molar-refractivity contribution < 1.29 is 0 Å². The number of hydrogen-bond acceptors (Lipinski definition) is 0. The van der Waals surface area contributed by atoms with Crippen LogP contribution in [-0.4, -0.2) is 0 Å². The molecule has 0 unspecified atom stereocenters. The van der Waals surface area contributed by atoms with Crippen LogP contribution in [0.4, 0.5) is 0 Å². The molecule has 10 heavy (non-hydrogen) atoms. The van der Waals surface area contributed by atoms with Gasteiger partial charge in [-0.1, -0.05) is 44.2 Å². The van der Waals surface area contributed by atoms with Gasteiger partial charge in [0.15, 0.2) is 0 Å². The van der Waals surface area contributed by atoms with Crippen molar-refractivity contribution in [2.75, 3.05) is 0 Å². The summed E-state index contributed by atoms with van der Waals surface area (Å²) in [6.07, 6.45) is 9.89. The van der Waals surface area contributed by atoms with E-state index in [9.17, 15) is 0 Å². The third kappa shape index (κ3) is 26.9. The molecular formula is C10H18. The first-order valence-corrected chi connectivity index (χ1v) is 3.68. The van der Waals surface area contributed by atoms with Crippen LogP contribution in [0, 0.1) is 0 Å². The van der Waals surface area contributed by atoms with E-state index in [2.05, 4.69) is 20.1 Å². The molecule has 0 N–H and O–H groups in total. The SMILES string of the molecule is C=C/C=C/C.C=CCCC. The van der Waals surface area contributed by atoms with Gasteiger partial charge in [0.25, 0.3) is 0 Å². The maximum absolute atomic E-state index is 3.55. The van der Waals surface area contributed by atoms with E-state index in [1.165, 1.54) is 6.42 Å². The fourth-order valence-corrected chi connectivity index (χ4v) is 0.340. The highest BCUT2D eigenvalue weighted by Gasteiger charge is 1.61. The minimum absolute atomic E-state index is 1.15. The lowest BCUT2D eigenvalue weighted by molar-refractivity contribution is 0.961. The van der Waals surface area contributed by atoms with Gasteiger partial charge in [-0.05, 0) is 13.3 Å². The van der Waals surface area contributed by atoms with E-state index in [0.717, 1.165) is 6.42 Å². The molecule has 0 aliphatic rings. The van der Waals surface area contributed by atoms with Crippen LogP contribution in [0.25, 0.3) is 0 Å². The van der Waals surface area contributed by atoms with Gasteiger partial charge < -0.3 is 0 Å². The van der Waals surface area contributed by atoms with Gasteiger partial charge in [0, 0.05) is 0 Å². The first-order chi connectivity index (χ1) is 4.83. The smallest absolute Gasteiger partial charge is 0.0356 e.